The summed E-state index contributed by atoms with van der Waals surface area (Å²) in [6.07, 6.45) is 5.59. The summed E-state index contributed by atoms with van der Waals surface area (Å²) in [5.41, 5.74) is 4.27. The largest absolute Gasteiger partial charge is 0.342 e. The van der Waals surface area contributed by atoms with Crippen LogP contribution in [0, 0.1) is 0 Å². The van der Waals surface area contributed by atoms with Gasteiger partial charge in [-0.1, -0.05) is 54.6 Å². The zero-order valence-electron chi connectivity index (χ0n) is 13.9. The number of rotatable bonds is 2. The first-order valence-electron chi connectivity index (χ1n) is 8.63. The van der Waals surface area contributed by atoms with E-state index in [9.17, 15) is 9.59 Å². The van der Waals surface area contributed by atoms with Crippen LogP contribution in [0.15, 0.2) is 66.4 Å². The number of fused-ring (bicyclic) bond motifs is 1. The number of benzene rings is 2. The Hall–Kier alpha value is -2.94. The third-order valence-corrected chi connectivity index (χ3v) is 4.74. The highest BCUT2D eigenvalue weighted by Gasteiger charge is 2.31. The maximum atomic E-state index is 12.6. The molecule has 0 bridgehead atoms. The van der Waals surface area contributed by atoms with E-state index in [1.54, 1.807) is 0 Å². The molecule has 3 heteroatoms. The fourth-order valence-electron chi connectivity index (χ4n) is 3.53. The summed E-state index contributed by atoms with van der Waals surface area (Å²) in [6, 6.07) is 18.0. The Balaban J connectivity index is 1.86. The molecule has 25 heavy (non-hydrogen) atoms. The highest BCUT2D eigenvalue weighted by atomic mass is 16.1. The van der Waals surface area contributed by atoms with E-state index in [0.717, 1.165) is 22.4 Å². The van der Waals surface area contributed by atoms with Gasteiger partial charge in [-0.05, 0) is 23.6 Å². The summed E-state index contributed by atoms with van der Waals surface area (Å²) in [7, 11) is 0. The number of Topliss-reactive ketones (excluding diaryl/α,β-unsaturated/α-hetero) is 2. The minimum absolute atomic E-state index is 0.0329. The fraction of sp³-hybridized carbons (Fsp3) is 0.182. The monoisotopic (exact) mass is 329 g/mol. The van der Waals surface area contributed by atoms with Gasteiger partial charge in [-0.3, -0.25) is 9.59 Å². The minimum atomic E-state index is -0.0329. The first kappa shape index (κ1) is 15.6. The SMILES string of the molecule is O=C1CCCC(=O)C1=C1c2ccccc2C=CN1Cc1ccccc1. The van der Waals surface area contributed by atoms with Crippen LogP contribution < -0.4 is 0 Å². The molecular weight excluding hydrogens is 310 g/mol. The van der Waals surface area contributed by atoms with Gasteiger partial charge in [0.05, 0.1) is 11.3 Å². The maximum absolute atomic E-state index is 12.6. The number of hydrogen-bond donors (Lipinski definition) is 0. The molecule has 0 radical (unpaired) electrons. The Bertz CT molecular complexity index is 875. The van der Waals surface area contributed by atoms with E-state index < -0.39 is 0 Å². The third kappa shape index (κ3) is 2.93. The van der Waals surface area contributed by atoms with E-state index in [1.165, 1.54) is 0 Å². The number of allylic oxidation sites excluding steroid dienone is 1. The van der Waals surface area contributed by atoms with Gasteiger partial charge in [0, 0.05) is 31.1 Å². The molecule has 2 aromatic carbocycles. The molecule has 124 valence electrons. The normalized spacial score (nSPS) is 17.0. The molecule has 1 heterocycles. The molecule has 1 aliphatic heterocycles. The first-order valence-corrected chi connectivity index (χ1v) is 8.63. The van der Waals surface area contributed by atoms with Crippen molar-refractivity contribution in [3.05, 3.63) is 83.1 Å². The third-order valence-electron chi connectivity index (χ3n) is 4.74. The van der Waals surface area contributed by atoms with Crippen molar-refractivity contribution >= 4 is 23.3 Å². The molecule has 4 rings (SSSR count). The summed E-state index contributed by atoms with van der Waals surface area (Å²) in [5.74, 6) is -0.0659. The fourth-order valence-corrected chi connectivity index (χ4v) is 3.53. The molecule has 1 saturated carbocycles. The molecule has 3 nitrogen and oxygen atoms in total. The second-order valence-corrected chi connectivity index (χ2v) is 6.44. The van der Waals surface area contributed by atoms with Crippen LogP contribution in [-0.2, 0) is 16.1 Å². The molecule has 0 atom stereocenters. The van der Waals surface area contributed by atoms with Crippen molar-refractivity contribution < 1.29 is 9.59 Å². The van der Waals surface area contributed by atoms with Crippen molar-refractivity contribution in [3.8, 4) is 0 Å². The molecule has 2 aliphatic rings. The molecule has 2 aromatic rings. The van der Waals surface area contributed by atoms with E-state index >= 15 is 0 Å². The quantitative estimate of drug-likeness (QED) is 0.612. The standard InChI is InChI=1S/C22H19NO2/c24-19-11-6-12-20(25)21(19)22-18-10-5-4-9-17(18)13-14-23(22)15-16-7-2-1-3-8-16/h1-5,7-10,13-14H,6,11-12,15H2. The van der Waals surface area contributed by atoms with Gasteiger partial charge in [0.1, 0.15) is 0 Å². The molecule has 0 saturated heterocycles. The molecule has 1 aliphatic carbocycles. The Morgan fingerprint density at radius 1 is 0.840 bits per heavy atom. The lowest BCUT2D eigenvalue weighted by Crippen LogP contribution is -2.27. The number of hydrogen-bond acceptors (Lipinski definition) is 3. The molecule has 0 amide bonds. The Morgan fingerprint density at radius 3 is 2.28 bits per heavy atom. The zero-order valence-corrected chi connectivity index (χ0v) is 13.9. The van der Waals surface area contributed by atoms with Crippen LogP contribution in [0.4, 0.5) is 0 Å². The first-order chi connectivity index (χ1) is 12.2. The van der Waals surface area contributed by atoms with Crippen LogP contribution in [0.2, 0.25) is 0 Å². The van der Waals surface area contributed by atoms with Gasteiger partial charge in [-0.15, -0.1) is 0 Å². The predicted molar refractivity (Wildman–Crippen MR) is 98.2 cm³/mol. The van der Waals surface area contributed by atoms with Crippen molar-refractivity contribution in [2.75, 3.05) is 0 Å². The van der Waals surface area contributed by atoms with Crippen LogP contribution in [0.3, 0.4) is 0 Å². The van der Waals surface area contributed by atoms with Gasteiger partial charge >= 0.3 is 0 Å². The number of carbonyl (C=O) groups excluding carboxylic acids is 2. The van der Waals surface area contributed by atoms with Crippen molar-refractivity contribution in [1.82, 2.24) is 4.90 Å². The number of nitrogens with zero attached hydrogens (tertiary/aromatic N) is 1. The van der Waals surface area contributed by atoms with Crippen molar-refractivity contribution in [1.29, 1.82) is 0 Å². The highest BCUT2D eigenvalue weighted by molar-refractivity contribution is 6.26. The Morgan fingerprint density at radius 2 is 1.52 bits per heavy atom. The van der Waals surface area contributed by atoms with Crippen molar-refractivity contribution in [2.45, 2.75) is 25.8 Å². The van der Waals surface area contributed by atoms with E-state index in [0.29, 0.717) is 31.4 Å². The molecule has 0 N–H and O–H groups in total. The smallest absolute Gasteiger partial charge is 0.168 e. The van der Waals surface area contributed by atoms with E-state index in [2.05, 4.69) is 12.1 Å². The summed E-state index contributed by atoms with van der Waals surface area (Å²) < 4.78 is 0. The lowest BCUT2D eigenvalue weighted by Gasteiger charge is -2.31. The Labute approximate surface area is 147 Å². The predicted octanol–water partition coefficient (Wildman–Crippen LogP) is 4.21. The van der Waals surface area contributed by atoms with Crippen LogP contribution >= 0.6 is 0 Å². The van der Waals surface area contributed by atoms with Crippen LogP contribution in [0.1, 0.15) is 36.0 Å². The molecular formula is C22H19NO2. The van der Waals surface area contributed by atoms with E-state index in [-0.39, 0.29) is 11.6 Å². The lowest BCUT2D eigenvalue weighted by molar-refractivity contribution is -0.123. The maximum Gasteiger partial charge on any atom is 0.168 e. The van der Waals surface area contributed by atoms with Gasteiger partial charge in [0.15, 0.2) is 11.6 Å². The molecule has 0 aromatic heterocycles. The van der Waals surface area contributed by atoms with Gasteiger partial charge < -0.3 is 4.90 Å². The minimum Gasteiger partial charge on any atom is -0.342 e. The van der Waals surface area contributed by atoms with Crippen molar-refractivity contribution in [2.24, 2.45) is 0 Å². The summed E-state index contributed by atoms with van der Waals surface area (Å²) in [6.45, 7) is 0.630. The highest BCUT2D eigenvalue weighted by Crippen LogP contribution is 2.35. The molecule has 0 spiro atoms. The van der Waals surface area contributed by atoms with Gasteiger partial charge in [-0.25, -0.2) is 0 Å². The van der Waals surface area contributed by atoms with Gasteiger partial charge in [-0.2, -0.15) is 0 Å². The Kier molecular flexibility index (Phi) is 4.06. The van der Waals surface area contributed by atoms with Gasteiger partial charge in [0.25, 0.3) is 0 Å². The van der Waals surface area contributed by atoms with Crippen LogP contribution in [0.25, 0.3) is 11.8 Å². The van der Waals surface area contributed by atoms with E-state index in [1.807, 2.05) is 59.6 Å². The lowest BCUT2D eigenvalue weighted by atomic mass is 9.86. The average molecular weight is 329 g/mol. The van der Waals surface area contributed by atoms with Gasteiger partial charge in [0.2, 0.25) is 0 Å². The van der Waals surface area contributed by atoms with Crippen LogP contribution in [-0.4, -0.2) is 16.5 Å². The second kappa shape index (κ2) is 6.52. The zero-order chi connectivity index (χ0) is 17.2. The summed E-state index contributed by atoms with van der Waals surface area (Å²) >= 11 is 0. The second-order valence-electron chi connectivity index (χ2n) is 6.44. The topological polar surface area (TPSA) is 37.4 Å². The van der Waals surface area contributed by atoms with Crippen LogP contribution in [0.5, 0.6) is 0 Å². The summed E-state index contributed by atoms with van der Waals surface area (Å²) in [4.78, 5) is 27.2. The molecule has 0 unspecified atom stereocenters. The number of carbonyl (C=O) groups is 2. The summed E-state index contributed by atoms with van der Waals surface area (Å²) in [5, 5.41) is 0. The average Bonchev–Trinajstić information content (AvgIpc) is 2.64. The van der Waals surface area contributed by atoms with E-state index in [4.69, 9.17) is 0 Å². The molecule has 1 fully saturated rings. The number of ketones is 2. The van der Waals surface area contributed by atoms with Crippen molar-refractivity contribution in [3.63, 3.8) is 0 Å².